The van der Waals surface area contributed by atoms with Gasteiger partial charge in [0.05, 0.1) is 6.20 Å². The molecule has 0 fully saturated rings. The summed E-state index contributed by atoms with van der Waals surface area (Å²) in [6.45, 7) is 0. The number of hydrogen-bond donors (Lipinski definition) is 0. The highest BCUT2D eigenvalue weighted by Gasteiger charge is 2.06. The van der Waals surface area contributed by atoms with Crippen molar-refractivity contribution in [1.82, 2.24) is 0 Å². The van der Waals surface area contributed by atoms with Crippen LogP contribution in [0.15, 0.2) is 56.7 Å². The van der Waals surface area contributed by atoms with Gasteiger partial charge in [0.25, 0.3) is 0 Å². The van der Waals surface area contributed by atoms with Crippen molar-refractivity contribution < 1.29 is 0 Å². The second kappa shape index (κ2) is 4.28. The molecule has 2 rings (SSSR count). The highest BCUT2D eigenvalue weighted by atomic mass is 35.5. The summed E-state index contributed by atoms with van der Waals surface area (Å²) in [5.41, 5.74) is 1.13. The number of nitrogens with zero attached hydrogens (tertiary/aromatic N) is 2. The average Bonchev–Trinajstić information content (AvgIpc) is 2.28. The second-order valence-corrected chi connectivity index (χ2v) is 2.93. The van der Waals surface area contributed by atoms with E-state index in [0.717, 1.165) is 10.5 Å². The zero-order valence-electron chi connectivity index (χ0n) is 6.18. The molecule has 0 aromatic rings. The first-order valence-corrected chi connectivity index (χ1v) is 4.07. The Balaban J connectivity index is 0.000000720. The summed E-state index contributed by atoms with van der Waals surface area (Å²) in [6, 6.07) is 0. The predicted octanol–water partition coefficient (Wildman–Crippen LogP) is 3.42. The maximum Gasteiger partial charge on any atom is 0.0586 e. The molecule has 62 valence electrons. The Morgan fingerprint density at radius 2 is 2.08 bits per heavy atom. The minimum Gasteiger partial charge on any atom is -0.151 e. The Kier molecular flexibility index (Phi) is 3.31. The summed E-state index contributed by atoms with van der Waals surface area (Å²) in [4.78, 5) is 1.16. The third-order valence-electron chi connectivity index (χ3n) is 1.41. The van der Waals surface area contributed by atoms with Gasteiger partial charge in [0.1, 0.15) is 0 Å². The highest BCUT2D eigenvalue weighted by Crippen LogP contribution is 2.31. The van der Waals surface area contributed by atoms with Crippen molar-refractivity contribution in [1.29, 1.82) is 0 Å². The maximum absolute atomic E-state index is 3.83. The third kappa shape index (κ3) is 1.87. The van der Waals surface area contributed by atoms with Gasteiger partial charge in [0.15, 0.2) is 0 Å². The van der Waals surface area contributed by atoms with Crippen LogP contribution >= 0.6 is 24.4 Å². The molecule has 0 aromatic carbocycles. The summed E-state index contributed by atoms with van der Waals surface area (Å²) in [5.74, 6) is 0. The Hall–Kier alpha value is -0.800. The quantitative estimate of drug-likeness (QED) is 0.548. The largest absolute Gasteiger partial charge is 0.151 e. The van der Waals surface area contributed by atoms with Gasteiger partial charge in [-0.05, 0) is 6.08 Å². The summed E-state index contributed by atoms with van der Waals surface area (Å²) >= 11 is 1.41. The molecule has 0 bridgehead atoms. The van der Waals surface area contributed by atoms with Crippen LogP contribution in [0.1, 0.15) is 0 Å². The van der Waals surface area contributed by atoms with Gasteiger partial charge < -0.3 is 0 Å². The van der Waals surface area contributed by atoms with Gasteiger partial charge >= 0.3 is 0 Å². The lowest BCUT2D eigenvalue weighted by atomic mass is 10.2. The normalized spacial score (nSPS) is 18.7. The van der Waals surface area contributed by atoms with Gasteiger partial charge in [-0.15, -0.1) is 16.9 Å². The molecule has 0 aromatic heterocycles. The molecule has 0 amide bonds. The van der Waals surface area contributed by atoms with Crippen LogP contribution in [0, 0.1) is 0 Å². The molecule has 0 radical (unpaired) electrons. The van der Waals surface area contributed by atoms with Gasteiger partial charge in [0.2, 0.25) is 0 Å². The van der Waals surface area contributed by atoms with Crippen LogP contribution in [0.2, 0.25) is 0 Å². The molecule has 2 nitrogen and oxygen atoms in total. The zero-order valence-corrected chi connectivity index (χ0v) is 7.81. The SMILES string of the molecule is C1=CC=C2SN=NC=C2C=C1.Cl. The number of fused-ring (bicyclic) bond motifs is 1. The van der Waals surface area contributed by atoms with E-state index < -0.39 is 0 Å². The minimum absolute atomic E-state index is 0. The molecule has 0 saturated heterocycles. The summed E-state index contributed by atoms with van der Waals surface area (Å²) < 4.78 is 3.83. The standard InChI is InChI=1S/C8H6N2S.ClH/c1-2-4-7-6-9-10-11-8(7)5-3-1;/h1-6H;1H. The first-order chi connectivity index (χ1) is 5.47. The fourth-order valence-corrected chi connectivity index (χ4v) is 1.44. The smallest absolute Gasteiger partial charge is 0.0586 e. The van der Waals surface area contributed by atoms with Crippen molar-refractivity contribution >= 4 is 24.4 Å². The fraction of sp³-hybridized carbons (Fsp3) is 0. The van der Waals surface area contributed by atoms with Gasteiger partial charge in [0, 0.05) is 22.4 Å². The predicted molar refractivity (Wildman–Crippen MR) is 54.1 cm³/mol. The molecule has 0 atom stereocenters. The van der Waals surface area contributed by atoms with E-state index in [-0.39, 0.29) is 12.4 Å². The summed E-state index contributed by atoms with van der Waals surface area (Å²) in [6.07, 6.45) is 11.8. The Morgan fingerprint density at radius 1 is 1.17 bits per heavy atom. The third-order valence-corrected chi connectivity index (χ3v) is 2.16. The molecule has 0 unspecified atom stereocenters. The first kappa shape index (κ1) is 9.29. The van der Waals surface area contributed by atoms with Crippen LogP contribution < -0.4 is 0 Å². The molecular weight excluding hydrogens is 192 g/mol. The Labute approximate surface area is 81.4 Å². The molecule has 0 N–H and O–H groups in total. The fourth-order valence-electron chi connectivity index (χ4n) is 0.888. The topological polar surface area (TPSA) is 24.7 Å². The van der Waals surface area contributed by atoms with Crippen LogP contribution in [-0.4, -0.2) is 0 Å². The van der Waals surface area contributed by atoms with E-state index in [1.165, 1.54) is 11.9 Å². The summed E-state index contributed by atoms with van der Waals surface area (Å²) in [7, 11) is 0. The van der Waals surface area contributed by atoms with E-state index in [9.17, 15) is 0 Å². The van der Waals surface area contributed by atoms with Gasteiger partial charge in [-0.25, -0.2) is 0 Å². The molecule has 1 heterocycles. The lowest BCUT2D eigenvalue weighted by molar-refractivity contribution is 1.30. The van der Waals surface area contributed by atoms with Crippen molar-refractivity contribution in [3.8, 4) is 0 Å². The van der Waals surface area contributed by atoms with Crippen molar-refractivity contribution in [3.05, 3.63) is 47.1 Å². The second-order valence-electron chi connectivity index (χ2n) is 2.15. The number of hydrogen-bond acceptors (Lipinski definition) is 3. The molecule has 2 aliphatic rings. The maximum atomic E-state index is 3.83. The average molecular weight is 199 g/mol. The van der Waals surface area contributed by atoms with Crippen LogP contribution in [0.3, 0.4) is 0 Å². The molecule has 1 aliphatic heterocycles. The van der Waals surface area contributed by atoms with Gasteiger partial charge in [-0.1, -0.05) is 24.3 Å². The van der Waals surface area contributed by atoms with E-state index in [1.807, 2.05) is 30.4 Å². The van der Waals surface area contributed by atoms with E-state index >= 15 is 0 Å². The molecule has 0 saturated carbocycles. The molecule has 1 aliphatic carbocycles. The minimum atomic E-state index is 0. The van der Waals surface area contributed by atoms with Crippen LogP contribution in [0.25, 0.3) is 0 Å². The lowest BCUT2D eigenvalue weighted by Gasteiger charge is -2.03. The van der Waals surface area contributed by atoms with Crippen LogP contribution in [-0.2, 0) is 0 Å². The van der Waals surface area contributed by atoms with Crippen LogP contribution in [0.5, 0.6) is 0 Å². The molecule has 0 spiro atoms. The van der Waals surface area contributed by atoms with E-state index in [1.54, 1.807) is 6.20 Å². The lowest BCUT2D eigenvalue weighted by Crippen LogP contribution is -1.81. The molecular formula is C8H7ClN2S. The van der Waals surface area contributed by atoms with Gasteiger partial charge in [-0.2, -0.15) is 5.11 Å². The van der Waals surface area contributed by atoms with Crippen LogP contribution in [0.4, 0.5) is 0 Å². The van der Waals surface area contributed by atoms with Crippen molar-refractivity contribution in [3.63, 3.8) is 0 Å². The molecule has 12 heavy (non-hydrogen) atoms. The van der Waals surface area contributed by atoms with E-state index in [2.05, 4.69) is 9.63 Å². The van der Waals surface area contributed by atoms with E-state index in [4.69, 9.17) is 0 Å². The highest BCUT2D eigenvalue weighted by molar-refractivity contribution is 8.02. The number of allylic oxidation sites excluding steroid dienone is 6. The van der Waals surface area contributed by atoms with Gasteiger partial charge in [-0.3, -0.25) is 0 Å². The van der Waals surface area contributed by atoms with Crippen molar-refractivity contribution in [2.24, 2.45) is 9.63 Å². The number of halogens is 1. The van der Waals surface area contributed by atoms with E-state index in [0.29, 0.717) is 0 Å². The van der Waals surface area contributed by atoms with Crippen molar-refractivity contribution in [2.45, 2.75) is 0 Å². The first-order valence-electron chi connectivity index (χ1n) is 3.29. The monoisotopic (exact) mass is 198 g/mol. The zero-order chi connectivity index (χ0) is 7.52. The summed E-state index contributed by atoms with van der Waals surface area (Å²) in [5, 5.41) is 3.81. The number of rotatable bonds is 0. The molecule has 4 heteroatoms. The Bertz CT molecular complexity index is 313. The van der Waals surface area contributed by atoms with Crippen molar-refractivity contribution in [2.75, 3.05) is 0 Å². The Morgan fingerprint density at radius 3 is 3.00 bits per heavy atom.